The van der Waals surface area contributed by atoms with Gasteiger partial charge in [-0.15, -0.1) is 0 Å². The first kappa shape index (κ1) is 19.5. The smallest absolute Gasteiger partial charge is 0.367 e. The molecule has 1 heterocycles. The van der Waals surface area contributed by atoms with E-state index in [1.54, 1.807) is 24.3 Å². The maximum absolute atomic E-state index is 12.8. The topological polar surface area (TPSA) is 65.0 Å². The molecule has 1 aliphatic rings. The Morgan fingerprint density at radius 3 is 2.64 bits per heavy atom. The Morgan fingerprint density at radius 1 is 1.11 bits per heavy atom. The molecule has 0 spiro atoms. The summed E-state index contributed by atoms with van der Waals surface area (Å²) in [7, 11) is 0. The Labute approximate surface area is 164 Å². The van der Waals surface area contributed by atoms with Gasteiger partial charge in [-0.3, -0.25) is 4.89 Å². The lowest BCUT2D eigenvalue weighted by atomic mass is 9.87. The number of phenolic OH excluding ortho intramolecular Hbond substituents is 1. The zero-order valence-corrected chi connectivity index (χ0v) is 16.3. The lowest BCUT2D eigenvalue weighted by Crippen LogP contribution is -2.21. The van der Waals surface area contributed by atoms with E-state index >= 15 is 0 Å². The number of phenols is 1. The molecule has 2 aromatic rings. The fourth-order valence-corrected chi connectivity index (χ4v) is 3.09. The fraction of sp³-hybridized carbons (Fsp3) is 0.261. The maximum atomic E-state index is 12.8. The quantitative estimate of drug-likeness (QED) is 0.299. The maximum Gasteiger partial charge on any atom is 0.367 e. The predicted molar refractivity (Wildman–Crippen MR) is 106 cm³/mol. The summed E-state index contributed by atoms with van der Waals surface area (Å²) in [5.74, 6) is -0.500. The summed E-state index contributed by atoms with van der Waals surface area (Å²) in [4.78, 5) is 22.9. The molecule has 3 rings (SSSR count). The highest BCUT2D eigenvalue weighted by atomic mass is 17.2. The summed E-state index contributed by atoms with van der Waals surface area (Å²) >= 11 is 0. The van der Waals surface area contributed by atoms with E-state index in [2.05, 4.69) is 19.9 Å². The third-order valence-corrected chi connectivity index (χ3v) is 4.49. The number of carbonyl (C=O) groups is 1. The number of hydrogen-bond donors (Lipinski definition) is 1. The van der Waals surface area contributed by atoms with Gasteiger partial charge in [0.25, 0.3) is 0 Å². The molecule has 5 heteroatoms. The van der Waals surface area contributed by atoms with Crippen molar-refractivity contribution in [2.75, 3.05) is 0 Å². The molecule has 0 saturated heterocycles. The van der Waals surface area contributed by atoms with Crippen LogP contribution in [0.2, 0.25) is 0 Å². The lowest BCUT2D eigenvalue weighted by Gasteiger charge is -2.26. The average Bonchev–Trinajstić information content (AvgIpc) is 2.66. The van der Waals surface area contributed by atoms with E-state index in [9.17, 15) is 9.90 Å². The van der Waals surface area contributed by atoms with Gasteiger partial charge < -0.3 is 9.84 Å². The van der Waals surface area contributed by atoms with Crippen molar-refractivity contribution in [2.45, 2.75) is 39.5 Å². The zero-order valence-electron chi connectivity index (χ0n) is 16.3. The Hall–Kier alpha value is -3.21. The van der Waals surface area contributed by atoms with E-state index in [4.69, 9.17) is 14.5 Å². The molecule has 0 amide bonds. The van der Waals surface area contributed by atoms with Crippen LogP contribution in [0.4, 0.5) is 0 Å². The number of rotatable bonds is 6. The summed E-state index contributed by atoms with van der Waals surface area (Å²) < 4.78 is 5.82. The van der Waals surface area contributed by atoms with Crippen LogP contribution in [0.1, 0.15) is 50.7 Å². The molecule has 5 nitrogen and oxygen atoms in total. The van der Waals surface area contributed by atoms with Crippen LogP contribution >= 0.6 is 0 Å². The lowest BCUT2D eigenvalue weighted by molar-refractivity contribution is -0.239. The summed E-state index contributed by atoms with van der Waals surface area (Å²) in [5, 5.41) is 10.3. The van der Waals surface area contributed by atoms with Crippen molar-refractivity contribution in [3.05, 3.63) is 77.1 Å². The van der Waals surface area contributed by atoms with Gasteiger partial charge in [0.15, 0.2) is 0 Å². The van der Waals surface area contributed by atoms with E-state index in [1.807, 2.05) is 19.1 Å². The molecule has 1 atom stereocenters. The normalized spacial score (nSPS) is 15.0. The van der Waals surface area contributed by atoms with Crippen LogP contribution in [0.25, 0.3) is 0 Å². The zero-order chi connectivity index (χ0) is 20.1. The van der Waals surface area contributed by atoms with E-state index in [0.717, 1.165) is 18.4 Å². The van der Waals surface area contributed by atoms with Gasteiger partial charge in [-0.05, 0) is 57.4 Å². The number of para-hydroxylation sites is 1. The van der Waals surface area contributed by atoms with Crippen molar-refractivity contribution in [1.29, 1.82) is 0 Å². The van der Waals surface area contributed by atoms with Gasteiger partial charge in [-0.1, -0.05) is 35.9 Å². The summed E-state index contributed by atoms with van der Waals surface area (Å²) in [6.45, 7) is 6.02. The third kappa shape index (κ3) is 4.36. The molecule has 0 unspecified atom stereocenters. The van der Waals surface area contributed by atoms with E-state index in [0.29, 0.717) is 22.6 Å². The molecule has 0 saturated carbocycles. The second-order valence-electron chi connectivity index (χ2n) is 7.04. The van der Waals surface area contributed by atoms with Crippen molar-refractivity contribution in [3.63, 3.8) is 0 Å². The Balaban J connectivity index is 1.76. The van der Waals surface area contributed by atoms with Crippen LogP contribution in [0.3, 0.4) is 0 Å². The van der Waals surface area contributed by atoms with Gasteiger partial charge >= 0.3 is 5.97 Å². The third-order valence-electron chi connectivity index (χ3n) is 4.49. The Morgan fingerprint density at radius 2 is 1.86 bits per heavy atom. The number of benzene rings is 2. The van der Waals surface area contributed by atoms with E-state index in [1.165, 1.54) is 17.9 Å². The highest BCUT2D eigenvalue weighted by molar-refractivity contribution is 5.86. The molecule has 1 N–H and O–H groups in total. The second kappa shape index (κ2) is 8.65. The summed E-state index contributed by atoms with van der Waals surface area (Å²) in [6, 6.07) is 12.1. The average molecular weight is 380 g/mol. The first-order valence-electron chi connectivity index (χ1n) is 9.22. The minimum absolute atomic E-state index is 0.0256. The number of ether oxygens (including phenoxy) is 1. The van der Waals surface area contributed by atoms with Crippen molar-refractivity contribution in [3.8, 4) is 17.2 Å². The summed E-state index contributed by atoms with van der Waals surface area (Å²) in [6.07, 6.45) is 5.29. The predicted octanol–water partition coefficient (Wildman–Crippen LogP) is 5.75. The molecule has 0 aromatic heterocycles. The molecular weight excluding hydrogens is 356 g/mol. The van der Waals surface area contributed by atoms with Gasteiger partial charge in [-0.25, -0.2) is 9.68 Å². The molecule has 0 radical (unpaired) electrons. The fourth-order valence-electron chi connectivity index (χ4n) is 3.09. The molecule has 0 fully saturated rings. The largest absolute Gasteiger partial charge is 0.507 e. The van der Waals surface area contributed by atoms with E-state index in [-0.39, 0.29) is 5.75 Å². The van der Waals surface area contributed by atoms with Crippen molar-refractivity contribution in [1.82, 2.24) is 0 Å². The Bertz CT molecular complexity index is 922. The highest BCUT2D eigenvalue weighted by Gasteiger charge is 2.37. The van der Waals surface area contributed by atoms with Crippen molar-refractivity contribution >= 4 is 5.97 Å². The first-order chi connectivity index (χ1) is 13.5. The monoisotopic (exact) mass is 380 g/mol. The standard InChI is InChI=1S/C23H24O5/c1-15(2)8-6-9-16(3)14-26-28-23(25)21-17-10-4-5-12-19(17)27-20-13-7-11-18(24)22(20)21/h4-5,7-8,10-14,21,24H,6,9H2,1-3H3/b16-14+/t21-/m0/s1. The molecule has 0 aliphatic carbocycles. The van der Waals surface area contributed by atoms with Crippen molar-refractivity contribution < 1.29 is 24.4 Å². The highest BCUT2D eigenvalue weighted by Crippen LogP contribution is 2.48. The Kier molecular flexibility index (Phi) is 6.04. The van der Waals surface area contributed by atoms with Gasteiger partial charge in [-0.2, -0.15) is 0 Å². The van der Waals surface area contributed by atoms with Crippen LogP contribution in [0.5, 0.6) is 17.2 Å². The molecule has 146 valence electrons. The van der Waals surface area contributed by atoms with E-state index < -0.39 is 11.9 Å². The summed E-state index contributed by atoms with van der Waals surface area (Å²) in [5.41, 5.74) is 3.21. The molecule has 0 bridgehead atoms. The van der Waals surface area contributed by atoms with Crippen LogP contribution in [-0.4, -0.2) is 11.1 Å². The first-order valence-corrected chi connectivity index (χ1v) is 9.22. The van der Waals surface area contributed by atoms with Crippen LogP contribution in [-0.2, 0) is 14.6 Å². The number of aromatic hydroxyl groups is 1. The second-order valence-corrected chi connectivity index (χ2v) is 7.04. The minimum Gasteiger partial charge on any atom is -0.507 e. The minimum atomic E-state index is -0.833. The number of fused-ring (bicyclic) bond motifs is 2. The van der Waals surface area contributed by atoms with Gasteiger partial charge in [0.05, 0.1) is 5.56 Å². The SMILES string of the molecule is CC(C)=CCC/C(C)=C/OOC(=O)[C@H]1c2ccccc2Oc2cccc(O)c21. The molecule has 1 aliphatic heterocycles. The van der Waals surface area contributed by atoms with Gasteiger partial charge in [0.2, 0.25) is 0 Å². The van der Waals surface area contributed by atoms with Crippen LogP contribution < -0.4 is 4.74 Å². The molecular formula is C23H24O5. The van der Waals surface area contributed by atoms with Crippen LogP contribution in [0, 0.1) is 0 Å². The van der Waals surface area contributed by atoms with Gasteiger partial charge in [0.1, 0.15) is 29.4 Å². The number of hydrogen-bond acceptors (Lipinski definition) is 5. The number of allylic oxidation sites excluding steroid dienone is 3. The van der Waals surface area contributed by atoms with Gasteiger partial charge in [0, 0.05) is 5.56 Å². The molecule has 2 aromatic carbocycles. The molecule has 28 heavy (non-hydrogen) atoms. The van der Waals surface area contributed by atoms with Crippen LogP contribution in [0.15, 0.2) is 65.9 Å². The van der Waals surface area contributed by atoms with Crippen molar-refractivity contribution in [2.24, 2.45) is 0 Å². The number of carbonyl (C=O) groups excluding carboxylic acids is 1.